The standard InChI is InChI=1S/C54H35NO2/c1-4-12-36(13-5-1)38-20-27-43(28-21-38)55(44-29-22-39(23-30-44)37-14-6-2-7-15-37)45-31-24-40(25-32-45)42-26-33-46-48-35-51-53(47-18-10-11-19-49(47)56-51)52(41-16-8-3-9-17-41)54(48)57-50(46)34-42/h1-35H. The summed E-state index contributed by atoms with van der Waals surface area (Å²) in [4.78, 5) is 2.32. The van der Waals surface area contributed by atoms with E-state index < -0.39 is 0 Å². The number of hydrogen-bond acceptors (Lipinski definition) is 3. The summed E-state index contributed by atoms with van der Waals surface area (Å²) in [6, 6.07) is 75.0. The van der Waals surface area contributed by atoms with Crippen molar-refractivity contribution in [1.29, 1.82) is 0 Å². The first-order valence-electron chi connectivity index (χ1n) is 19.3. The van der Waals surface area contributed by atoms with E-state index in [1.54, 1.807) is 0 Å². The monoisotopic (exact) mass is 729 g/mol. The topological polar surface area (TPSA) is 29.5 Å². The molecular formula is C54H35NO2. The lowest BCUT2D eigenvalue weighted by Crippen LogP contribution is -2.09. The minimum Gasteiger partial charge on any atom is -0.456 e. The van der Waals surface area contributed by atoms with Gasteiger partial charge in [0.2, 0.25) is 0 Å². The number of nitrogens with zero attached hydrogens (tertiary/aromatic N) is 1. The van der Waals surface area contributed by atoms with Crippen LogP contribution in [0.5, 0.6) is 0 Å². The van der Waals surface area contributed by atoms with Gasteiger partial charge < -0.3 is 13.7 Å². The van der Waals surface area contributed by atoms with Gasteiger partial charge in [0.05, 0.1) is 0 Å². The maximum Gasteiger partial charge on any atom is 0.144 e. The minimum absolute atomic E-state index is 0.847. The molecule has 0 unspecified atom stereocenters. The summed E-state index contributed by atoms with van der Waals surface area (Å²) in [6.45, 7) is 0. The molecule has 2 heterocycles. The summed E-state index contributed by atoms with van der Waals surface area (Å²) < 4.78 is 13.3. The molecule has 0 radical (unpaired) electrons. The normalized spacial score (nSPS) is 11.5. The molecule has 268 valence electrons. The highest BCUT2D eigenvalue weighted by Crippen LogP contribution is 2.45. The van der Waals surface area contributed by atoms with Crippen molar-refractivity contribution in [2.24, 2.45) is 0 Å². The summed E-state index contributed by atoms with van der Waals surface area (Å²) in [5.74, 6) is 0. The Labute approximate surface area is 330 Å². The van der Waals surface area contributed by atoms with Gasteiger partial charge in [-0.3, -0.25) is 0 Å². The summed E-state index contributed by atoms with van der Waals surface area (Å²) in [5.41, 5.74) is 15.8. The molecule has 3 nitrogen and oxygen atoms in total. The minimum atomic E-state index is 0.847. The zero-order valence-corrected chi connectivity index (χ0v) is 31.0. The second-order valence-corrected chi connectivity index (χ2v) is 14.5. The molecule has 0 saturated heterocycles. The van der Waals surface area contributed by atoms with E-state index >= 15 is 0 Å². The van der Waals surface area contributed by atoms with Crippen LogP contribution in [-0.2, 0) is 0 Å². The van der Waals surface area contributed by atoms with Gasteiger partial charge in [0.15, 0.2) is 0 Å². The lowest BCUT2D eigenvalue weighted by molar-refractivity contribution is 0.664. The van der Waals surface area contributed by atoms with E-state index in [2.05, 4.69) is 199 Å². The summed E-state index contributed by atoms with van der Waals surface area (Å²) in [5, 5.41) is 4.27. The Morgan fingerprint density at radius 1 is 0.281 bits per heavy atom. The highest BCUT2D eigenvalue weighted by molar-refractivity contribution is 6.23. The number of hydrogen-bond donors (Lipinski definition) is 0. The zero-order valence-electron chi connectivity index (χ0n) is 31.0. The molecule has 57 heavy (non-hydrogen) atoms. The largest absolute Gasteiger partial charge is 0.456 e. The van der Waals surface area contributed by atoms with Gasteiger partial charge in [0.25, 0.3) is 0 Å². The van der Waals surface area contributed by atoms with E-state index in [0.717, 1.165) is 83.2 Å². The third-order valence-electron chi connectivity index (χ3n) is 11.1. The molecule has 0 N–H and O–H groups in total. The highest BCUT2D eigenvalue weighted by atomic mass is 16.3. The molecule has 0 aliphatic heterocycles. The second kappa shape index (κ2) is 13.6. The van der Waals surface area contributed by atoms with Crippen LogP contribution in [0, 0.1) is 0 Å². The van der Waals surface area contributed by atoms with Crippen LogP contribution in [0.25, 0.3) is 88.4 Å². The number of para-hydroxylation sites is 1. The molecule has 9 aromatic carbocycles. The second-order valence-electron chi connectivity index (χ2n) is 14.5. The van der Waals surface area contributed by atoms with Crippen molar-refractivity contribution in [3.05, 3.63) is 212 Å². The fourth-order valence-electron chi connectivity index (χ4n) is 8.29. The van der Waals surface area contributed by atoms with E-state index in [0.29, 0.717) is 0 Å². The van der Waals surface area contributed by atoms with Gasteiger partial charge in [-0.2, -0.15) is 0 Å². The third kappa shape index (κ3) is 5.76. The predicted octanol–water partition coefficient (Wildman–Crippen LogP) is 15.6. The van der Waals surface area contributed by atoms with Gasteiger partial charge in [0.1, 0.15) is 22.3 Å². The van der Waals surface area contributed by atoms with Gasteiger partial charge in [0, 0.05) is 44.2 Å². The van der Waals surface area contributed by atoms with Crippen molar-refractivity contribution in [1.82, 2.24) is 0 Å². The maximum absolute atomic E-state index is 6.84. The third-order valence-corrected chi connectivity index (χ3v) is 11.1. The summed E-state index contributed by atoms with van der Waals surface area (Å²) >= 11 is 0. The molecule has 0 atom stereocenters. The number of benzene rings is 9. The maximum atomic E-state index is 6.84. The molecule has 0 fully saturated rings. The molecule has 2 aromatic heterocycles. The van der Waals surface area contributed by atoms with Gasteiger partial charge in [-0.1, -0.05) is 152 Å². The molecule has 3 heteroatoms. The van der Waals surface area contributed by atoms with Crippen LogP contribution in [-0.4, -0.2) is 0 Å². The van der Waals surface area contributed by atoms with Gasteiger partial charge in [-0.25, -0.2) is 0 Å². The van der Waals surface area contributed by atoms with E-state index in [4.69, 9.17) is 8.83 Å². The van der Waals surface area contributed by atoms with Crippen LogP contribution in [0.15, 0.2) is 221 Å². The Kier molecular flexibility index (Phi) is 7.82. The molecule has 0 bridgehead atoms. The molecule has 11 rings (SSSR count). The fourth-order valence-corrected chi connectivity index (χ4v) is 8.29. The van der Waals surface area contributed by atoms with E-state index in [-0.39, 0.29) is 0 Å². The average molecular weight is 730 g/mol. The molecule has 0 saturated carbocycles. The van der Waals surface area contributed by atoms with Crippen molar-refractivity contribution < 1.29 is 8.83 Å². The molecule has 0 aliphatic carbocycles. The SMILES string of the molecule is c1ccc(-c2ccc(N(c3ccc(-c4ccccc4)cc3)c3ccc(-c4ccc5c(c4)oc4c(-c6ccccc6)c6c(cc45)oc4ccccc46)cc3)cc2)cc1. The van der Waals surface area contributed by atoms with E-state index in [1.165, 1.54) is 22.3 Å². The Balaban J connectivity index is 0.989. The van der Waals surface area contributed by atoms with Crippen LogP contribution in [0.4, 0.5) is 17.1 Å². The molecule has 11 aromatic rings. The number of anilines is 3. The van der Waals surface area contributed by atoms with Crippen molar-refractivity contribution in [3.8, 4) is 44.5 Å². The van der Waals surface area contributed by atoms with E-state index in [1.807, 2.05) is 18.2 Å². The van der Waals surface area contributed by atoms with E-state index in [9.17, 15) is 0 Å². The molecule has 0 spiro atoms. The van der Waals surface area contributed by atoms with Crippen LogP contribution in [0.1, 0.15) is 0 Å². The number of furan rings is 2. The zero-order chi connectivity index (χ0) is 37.7. The average Bonchev–Trinajstić information content (AvgIpc) is 3.85. The van der Waals surface area contributed by atoms with Crippen molar-refractivity contribution >= 4 is 60.9 Å². The summed E-state index contributed by atoms with van der Waals surface area (Å²) in [6.07, 6.45) is 0. The van der Waals surface area contributed by atoms with Gasteiger partial charge in [-0.05, 0) is 99.6 Å². The smallest absolute Gasteiger partial charge is 0.144 e. The molecule has 0 amide bonds. The Hall–Kier alpha value is -7.62. The molecular weight excluding hydrogens is 695 g/mol. The quantitative estimate of drug-likeness (QED) is 0.164. The first-order valence-corrected chi connectivity index (χ1v) is 19.3. The highest BCUT2D eigenvalue weighted by Gasteiger charge is 2.21. The van der Waals surface area contributed by atoms with Crippen LogP contribution in [0.3, 0.4) is 0 Å². The van der Waals surface area contributed by atoms with Crippen LogP contribution < -0.4 is 4.90 Å². The summed E-state index contributed by atoms with van der Waals surface area (Å²) in [7, 11) is 0. The molecule has 0 aliphatic rings. The van der Waals surface area contributed by atoms with Crippen molar-refractivity contribution in [2.75, 3.05) is 4.90 Å². The number of fused-ring (bicyclic) bond motifs is 6. The van der Waals surface area contributed by atoms with Crippen LogP contribution in [0.2, 0.25) is 0 Å². The van der Waals surface area contributed by atoms with Gasteiger partial charge >= 0.3 is 0 Å². The number of rotatable bonds is 7. The van der Waals surface area contributed by atoms with Crippen molar-refractivity contribution in [2.45, 2.75) is 0 Å². The van der Waals surface area contributed by atoms with Gasteiger partial charge in [-0.15, -0.1) is 0 Å². The van der Waals surface area contributed by atoms with Crippen LogP contribution >= 0.6 is 0 Å². The predicted molar refractivity (Wildman–Crippen MR) is 237 cm³/mol. The Morgan fingerprint density at radius 2 is 0.737 bits per heavy atom. The lowest BCUT2D eigenvalue weighted by atomic mass is 9.96. The first kappa shape index (κ1) is 32.8. The first-order chi connectivity index (χ1) is 28.2. The van der Waals surface area contributed by atoms with Crippen molar-refractivity contribution in [3.63, 3.8) is 0 Å². The fraction of sp³-hybridized carbons (Fsp3) is 0. The Bertz CT molecular complexity index is 3100. The lowest BCUT2D eigenvalue weighted by Gasteiger charge is -2.26. The Morgan fingerprint density at radius 3 is 1.30 bits per heavy atom.